The van der Waals surface area contributed by atoms with Crippen LogP contribution in [0, 0.1) is 0 Å². The molecule has 2 aromatic carbocycles. The lowest BCUT2D eigenvalue weighted by atomic mass is 10.2. The Balaban J connectivity index is 1.12. The van der Waals surface area contributed by atoms with Crippen molar-refractivity contribution in [3.05, 3.63) is 83.8 Å². The van der Waals surface area contributed by atoms with Crippen molar-refractivity contribution in [2.45, 2.75) is 22.6 Å². The normalized spacial score (nSPS) is 12.1. The summed E-state index contributed by atoms with van der Waals surface area (Å²) in [4.78, 5) is 33.6. The predicted octanol–water partition coefficient (Wildman–Crippen LogP) is 5.34. The van der Waals surface area contributed by atoms with Gasteiger partial charge in [0.1, 0.15) is 0 Å². The fourth-order valence-electron chi connectivity index (χ4n) is 3.73. The molecule has 172 valence electrons. The molecule has 2 N–H and O–H groups in total. The number of para-hydroxylation sites is 2. The second kappa shape index (κ2) is 10.1. The lowest BCUT2D eigenvalue weighted by Gasteiger charge is -2.32. The van der Waals surface area contributed by atoms with Gasteiger partial charge in [-0.1, -0.05) is 36.0 Å². The molecule has 4 aromatic rings. The van der Waals surface area contributed by atoms with E-state index in [4.69, 9.17) is 4.42 Å². The molecule has 0 spiro atoms. The Kier molecular flexibility index (Phi) is 6.64. The minimum Gasteiger partial charge on any atom is -0.459 e. The van der Waals surface area contributed by atoms with Crippen LogP contribution >= 0.6 is 23.1 Å². The van der Waals surface area contributed by atoms with Gasteiger partial charge in [-0.2, -0.15) is 0 Å². The van der Waals surface area contributed by atoms with E-state index in [9.17, 15) is 9.59 Å². The number of thiazole rings is 1. The number of rotatable bonds is 8. The second-order valence-corrected chi connectivity index (χ2v) is 9.59. The Morgan fingerprint density at radius 2 is 1.71 bits per heavy atom. The molecule has 2 aromatic heterocycles. The standard InChI is InChI=1S/C25H22N4O3S2/c30-23(15-17-16-33-25(27-17)28-24(31)20-9-5-14-32-20)26-12-6-13-29-18-7-1-3-10-21(18)34-22-11-4-2-8-19(22)29/h1-5,7-11,14,16H,6,12-13,15H2,(H,26,30)(H,27,28,31). The molecule has 5 rings (SSSR count). The number of nitrogens with one attached hydrogen (secondary N) is 2. The van der Waals surface area contributed by atoms with E-state index in [0.29, 0.717) is 17.4 Å². The maximum atomic E-state index is 12.4. The van der Waals surface area contributed by atoms with Crippen molar-refractivity contribution < 1.29 is 14.0 Å². The maximum absolute atomic E-state index is 12.4. The maximum Gasteiger partial charge on any atom is 0.293 e. The molecular formula is C25H22N4O3S2. The van der Waals surface area contributed by atoms with Gasteiger partial charge < -0.3 is 14.6 Å². The van der Waals surface area contributed by atoms with E-state index in [2.05, 4.69) is 69.0 Å². The minimum atomic E-state index is -0.366. The molecule has 0 radical (unpaired) electrons. The molecule has 0 saturated heterocycles. The van der Waals surface area contributed by atoms with E-state index in [-0.39, 0.29) is 24.0 Å². The Morgan fingerprint density at radius 1 is 0.971 bits per heavy atom. The van der Waals surface area contributed by atoms with E-state index in [1.807, 2.05) is 0 Å². The quantitative estimate of drug-likeness (QED) is 0.324. The molecule has 1 aliphatic heterocycles. The van der Waals surface area contributed by atoms with E-state index < -0.39 is 0 Å². The smallest absolute Gasteiger partial charge is 0.293 e. The summed E-state index contributed by atoms with van der Waals surface area (Å²) in [5, 5.41) is 7.87. The molecule has 0 bridgehead atoms. The molecule has 1 aliphatic rings. The summed E-state index contributed by atoms with van der Waals surface area (Å²) in [7, 11) is 0. The van der Waals surface area contributed by atoms with Crippen molar-refractivity contribution in [1.82, 2.24) is 10.3 Å². The fraction of sp³-hybridized carbons (Fsp3) is 0.160. The van der Waals surface area contributed by atoms with Crippen LogP contribution in [0.25, 0.3) is 0 Å². The number of furan rings is 1. The molecule has 0 atom stereocenters. The summed E-state index contributed by atoms with van der Waals surface area (Å²) in [6.45, 7) is 1.37. The van der Waals surface area contributed by atoms with Gasteiger partial charge in [-0.25, -0.2) is 4.98 Å². The summed E-state index contributed by atoms with van der Waals surface area (Å²) in [5.41, 5.74) is 3.02. The molecule has 34 heavy (non-hydrogen) atoms. The Morgan fingerprint density at radius 3 is 2.41 bits per heavy atom. The van der Waals surface area contributed by atoms with Gasteiger partial charge in [0, 0.05) is 28.3 Å². The largest absolute Gasteiger partial charge is 0.459 e. The molecule has 0 unspecified atom stereocenters. The lowest BCUT2D eigenvalue weighted by molar-refractivity contribution is -0.120. The average molecular weight is 491 g/mol. The van der Waals surface area contributed by atoms with E-state index in [1.165, 1.54) is 38.8 Å². The van der Waals surface area contributed by atoms with Crippen molar-refractivity contribution in [2.75, 3.05) is 23.3 Å². The van der Waals surface area contributed by atoms with Crippen LogP contribution in [0.4, 0.5) is 16.5 Å². The summed E-state index contributed by atoms with van der Waals surface area (Å²) in [6.07, 6.45) is 2.41. The van der Waals surface area contributed by atoms with Crippen LogP contribution in [0.5, 0.6) is 0 Å². The number of benzene rings is 2. The zero-order valence-corrected chi connectivity index (χ0v) is 19.8. The fourth-order valence-corrected chi connectivity index (χ4v) is 5.53. The third-order valence-corrected chi connectivity index (χ3v) is 7.21. The van der Waals surface area contributed by atoms with Gasteiger partial charge in [-0.05, 0) is 42.8 Å². The Bertz CT molecular complexity index is 1260. The van der Waals surface area contributed by atoms with Crippen LogP contribution in [0.15, 0.2) is 86.5 Å². The first kappa shape index (κ1) is 22.2. The third kappa shape index (κ3) is 5.00. The molecular weight excluding hydrogens is 468 g/mol. The van der Waals surface area contributed by atoms with Crippen LogP contribution in [-0.4, -0.2) is 29.9 Å². The van der Waals surface area contributed by atoms with Gasteiger partial charge in [0.25, 0.3) is 5.91 Å². The Labute approximate surface area is 205 Å². The molecule has 0 aliphatic carbocycles. The monoisotopic (exact) mass is 490 g/mol. The van der Waals surface area contributed by atoms with E-state index >= 15 is 0 Å². The van der Waals surface area contributed by atoms with Crippen LogP contribution in [0.1, 0.15) is 22.7 Å². The van der Waals surface area contributed by atoms with Crippen molar-refractivity contribution >= 4 is 51.4 Å². The van der Waals surface area contributed by atoms with Gasteiger partial charge in [0.2, 0.25) is 5.91 Å². The number of anilines is 3. The van der Waals surface area contributed by atoms with Crippen molar-refractivity contribution in [3.8, 4) is 0 Å². The highest BCUT2D eigenvalue weighted by molar-refractivity contribution is 7.99. The number of carbonyl (C=O) groups excluding carboxylic acids is 2. The molecule has 7 nitrogen and oxygen atoms in total. The molecule has 2 amide bonds. The molecule has 0 saturated carbocycles. The van der Waals surface area contributed by atoms with Gasteiger partial charge in [0.05, 0.1) is 29.8 Å². The third-order valence-electron chi connectivity index (χ3n) is 5.27. The first-order valence-electron chi connectivity index (χ1n) is 10.9. The van der Waals surface area contributed by atoms with Crippen LogP contribution in [0.3, 0.4) is 0 Å². The number of aromatic nitrogens is 1. The van der Waals surface area contributed by atoms with Gasteiger partial charge in [0.15, 0.2) is 10.9 Å². The van der Waals surface area contributed by atoms with Crippen LogP contribution in [-0.2, 0) is 11.2 Å². The lowest BCUT2D eigenvalue weighted by Crippen LogP contribution is -2.30. The van der Waals surface area contributed by atoms with Crippen LogP contribution < -0.4 is 15.5 Å². The van der Waals surface area contributed by atoms with Gasteiger partial charge in [-0.3, -0.25) is 14.9 Å². The minimum absolute atomic E-state index is 0.0933. The van der Waals surface area contributed by atoms with E-state index in [0.717, 1.165) is 13.0 Å². The highest BCUT2D eigenvalue weighted by Crippen LogP contribution is 2.47. The second-order valence-electron chi connectivity index (χ2n) is 7.64. The summed E-state index contributed by atoms with van der Waals surface area (Å²) >= 11 is 3.07. The topological polar surface area (TPSA) is 87.5 Å². The molecule has 0 fully saturated rings. The van der Waals surface area contributed by atoms with E-state index in [1.54, 1.807) is 29.3 Å². The number of hydrogen-bond donors (Lipinski definition) is 2. The number of fused-ring (bicyclic) bond motifs is 2. The SMILES string of the molecule is O=C(Cc1csc(NC(=O)c2ccco2)n1)NCCCN1c2ccccc2Sc2ccccc21. The first-order valence-corrected chi connectivity index (χ1v) is 12.6. The first-order chi connectivity index (χ1) is 16.7. The number of amides is 2. The summed E-state index contributed by atoms with van der Waals surface area (Å²) < 4.78 is 5.07. The van der Waals surface area contributed by atoms with Crippen molar-refractivity contribution in [1.29, 1.82) is 0 Å². The average Bonchev–Trinajstić information content (AvgIpc) is 3.54. The highest BCUT2D eigenvalue weighted by atomic mass is 32.2. The van der Waals surface area contributed by atoms with Crippen molar-refractivity contribution in [2.24, 2.45) is 0 Å². The Hall–Kier alpha value is -3.56. The number of carbonyl (C=O) groups is 2. The number of nitrogens with zero attached hydrogens (tertiary/aromatic N) is 2. The van der Waals surface area contributed by atoms with Crippen LogP contribution in [0.2, 0.25) is 0 Å². The van der Waals surface area contributed by atoms with Gasteiger partial charge >= 0.3 is 0 Å². The number of hydrogen-bond acceptors (Lipinski definition) is 7. The highest BCUT2D eigenvalue weighted by Gasteiger charge is 2.22. The summed E-state index contributed by atoms with van der Waals surface area (Å²) in [5.74, 6) is -0.245. The van der Waals surface area contributed by atoms with Gasteiger partial charge in [-0.15, -0.1) is 11.3 Å². The molecule has 9 heteroatoms. The zero-order valence-electron chi connectivity index (χ0n) is 18.2. The molecule has 3 heterocycles. The predicted molar refractivity (Wildman–Crippen MR) is 134 cm³/mol. The van der Waals surface area contributed by atoms with Crippen molar-refractivity contribution in [3.63, 3.8) is 0 Å². The zero-order chi connectivity index (χ0) is 23.3. The summed E-state index contributed by atoms with van der Waals surface area (Å²) in [6, 6.07) is 20.0.